The van der Waals surface area contributed by atoms with Gasteiger partial charge in [-0.15, -0.1) is 0 Å². The molecule has 2 aromatic carbocycles. The third-order valence-corrected chi connectivity index (χ3v) is 3.65. The van der Waals surface area contributed by atoms with Crippen LogP contribution in [0.2, 0.25) is 0 Å². The number of carboxylic acids is 1. The van der Waals surface area contributed by atoms with Crippen molar-refractivity contribution in [2.45, 2.75) is 32.6 Å². The van der Waals surface area contributed by atoms with Crippen molar-refractivity contribution in [3.8, 4) is 11.5 Å². The van der Waals surface area contributed by atoms with Crippen molar-refractivity contribution >= 4 is 11.9 Å². The monoisotopic (exact) mass is 342 g/mol. The van der Waals surface area contributed by atoms with E-state index in [1.807, 2.05) is 0 Å². The zero-order valence-electron chi connectivity index (χ0n) is 14.2. The van der Waals surface area contributed by atoms with Crippen LogP contribution in [-0.4, -0.2) is 23.7 Å². The Hall–Kier alpha value is -2.82. The van der Waals surface area contributed by atoms with Crippen LogP contribution in [0.4, 0.5) is 0 Å². The lowest BCUT2D eigenvalue weighted by molar-refractivity contribution is 0.0687. The summed E-state index contributed by atoms with van der Waals surface area (Å²) in [6.45, 7) is 2.82. The summed E-state index contributed by atoms with van der Waals surface area (Å²) in [4.78, 5) is 23.1. The van der Waals surface area contributed by atoms with Gasteiger partial charge in [-0.1, -0.05) is 32.3 Å². The molecule has 0 amide bonds. The maximum absolute atomic E-state index is 12.1. The summed E-state index contributed by atoms with van der Waals surface area (Å²) in [5.41, 5.74) is 0.441. The van der Waals surface area contributed by atoms with Gasteiger partial charge in [-0.3, -0.25) is 0 Å². The first kappa shape index (κ1) is 18.5. The van der Waals surface area contributed by atoms with Crippen LogP contribution in [-0.2, 0) is 0 Å². The minimum atomic E-state index is -1.07. The predicted octanol–water partition coefficient (Wildman–Crippen LogP) is 4.56. The van der Waals surface area contributed by atoms with E-state index < -0.39 is 11.9 Å². The van der Waals surface area contributed by atoms with Gasteiger partial charge in [0, 0.05) is 0 Å². The number of esters is 1. The van der Waals surface area contributed by atoms with E-state index >= 15 is 0 Å². The van der Waals surface area contributed by atoms with E-state index in [1.165, 1.54) is 37.1 Å². The minimum absolute atomic E-state index is 0.0668. The van der Waals surface area contributed by atoms with E-state index in [4.69, 9.17) is 14.6 Å². The van der Waals surface area contributed by atoms with E-state index in [1.54, 1.807) is 24.3 Å². The van der Waals surface area contributed by atoms with Crippen molar-refractivity contribution in [3.05, 3.63) is 59.7 Å². The highest BCUT2D eigenvalue weighted by Crippen LogP contribution is 2.17. The summed E-state index contributed by atoms with van der Waals surface area (Å²) in [6.07, 6.45) is 4.55. The molecular weight excluding hydrogens is 320 g/mol. The molecule has 0 fully saturated rings. The second-order valence-electron chi connectivity index (χ2n) is 5.66. The van der Waals surface area contributed by atoms with Crippen molar-refractivity contribution in [1.82, 2.24) is 0 Å². The second kappa shape index (κ2) is 9.47. The molecule has 0 aliphatic rings. The van der Waals surface area contributed by atoms with Crippen LogP contribution in [0.1, 0.15) is 53.3 Å². The number of carbonyl (C=O) groups excluding carboxylic acids is 1. The van der Waals surface area contributed by atoms with Crippen molar-refractivity contribution in [1.29, 1.82) is 0 Å². The van der Waals surface area contributed by atoms with Gasteiger partial charge in [-0.2, -0.15) is 0 Å². The van der Waals surface area contributed by atoms with Crippen LogP contribution in [0.5, 0.6) is 11.5 Å². The van der Waals surface area contributed by atoms with Gasteiger partial charge in [0.25, 0.3) is 0 Å². The third-order valence-electron chi connectivity index (χ3n) is 3.65. The van der Waals surface area contributed by atoms with Crippen LogP contribution in [0.25, 0.3) is 0 Å². The summed E-state index contributed by atoms with van der Waals surface area (Å²) in [6, 6.07) is 12.5. The van der Waals surface area contributed by atoms with E-state index in [0.717, 1.165) is 12.8 Å². The number of unbranched alkanes of at least 4 members (excludes halogenated alkanes) is 3. The van der Waals surface area contributed by atoms with Crippen LogP contribution in [0.15, 0.2) is 48.5 Å². The molecule has 0 atom stereocenters. The second-order valence-corrected chi connectivity index (χ2v) is 5.66. The standard InChI is InChI=1S/C20H22O5/c1-2-3-4-5-13-24-17-11-9-15(10-12-17)20(23)25-18-8-6-7-16(14-18)19(21)22/h6-12,14H,2-5,13H2,1H3,(H,21,22). The number of carbonyl (C=O) groups is 2. The molecule has 25 heavy (non-hydrogen) atoms. The van der Waals surface area contributed by atoms with Gasteiger partial charge in [0.15, 0.2) is 0 Å². The number of hydrogen-bond acceptors (Lipinski definition) is 4. The van der Waals surface area contributed by atoms with Crippen molar-refractivity contribution < 1.29 is 24.2 Å². The molecule has 2 rings (SSSR count). The maximum Gasteiger partial charge on any atom is 0.343 e. The lowest BCUT2D eigenvalue weighted by Gasteiger charge is -2.08. The highest BCUT2D eigenvalue weighted by Gasteiger charge is 2.10. The van der Waals surface area contributed by atoms with E-state index in [9.17, 15) is 9.59 Å². The van der Waals surface area contributed by atoms with Gasteiger partial charge in [0.2, 0.25) is 0 Å². The fourth-order valence-electron chi connectivity index (χ4n) is 2.26. The van der Waals surface area contributed by atoms with Gasteiger partial charge >= 0.3 is 11.9 Å². The lowest BCUT2D eigenvalue weighted by Crippen LogP contribution is -2.09. The Bertz CT molecular complexity index is 706. The van der Waals surface area contributed by atoms with E-state index in [0.29, 0.717) is 17.9 Å². The summed E-state index contributed by atoms with van der Waals surface area (Å²) >= 11 is 0. The molecule has 0 saturated carbocycles. The molecule has 5 nitrogen and oxygen atoms in total. The normalized spacial score (nSPS) is 10.3. The van der Waals surface area contributed by atoms with Crippen LogP contribution in [0, 0.1) is 0 Å². The smallest absolute Gasteiger partial charge is 0.343 e. The minimum Gasteiger partial charge on any atom is -0.494 e. The topological polar surface area (TPSA) is 72.8 Å². The fraction of sp³-hybridized carbons (Fsp3) is 0.300. The Balaban J connectivity index is 1.89. The largest absolute Gasteiger partial charge is 0.494 e. The molecular formula is C20H22O5. The van der Waals surface area contributed by atoms with Crippen molar-refractivity contribution in [2.75, 3.05) is 6.61 Å². The molecule has 0 heterocycles. The SMILES string of the molecule is CCCCCCOc1ccc(C(=O)Oc2cccc(C(=O)O)c2)cc1. The zero-order chi connectivity index (χ0) is 18.1. The molecule has 0 aliphatic heterocycles. The number of hydrogen-bond donors (Lipinski definition) is 1. The summed E-state index contributed by atoms with van der Waals surface area (Å²) in [5.74, 6) is -0.711. The Labute approximate surface area is 147 Å². The molecule has 0 saturated heterocycles. The average Bonchev–Trinajstić information content (AvgIpc) is 2.62. The highest BCUT2D eigenvalue weighted by molar-refractivity contribution is 5.92. The molecule has 0 radical (unpaired) electrons. The number of benzene rings is 2. The van der Waals surface area contributed by atoms with E-state index in [2.05, 4.69) is 6.92 Å². The van der Waals surface area contributed by atoms with Gasteiger partial charge < -0.3 is 14.6 Å². The number of rotatable bonds is 9. The Morgan fingerprint density at radius 3 is 2.36 bits per heavy atom. The molecule has 1 N–H and O–H groups in total. The quantitative estimate of drug-likeness (QED) is 0.411. The number of aromatic carboxylic acids is 1. The molecule has 0 aliphatic carbocycles. The molecule has 2 aromatic rings. The van der Waals surface area contributed by atoms with E-state index in [-0.39, 0.29) is 11.3 Å². The highest BCUT2D eigenvalue weighted by atomic mass is 16.5. The Kier molecular flexibility index (Phi) is 7.01. The van der Waals surface area contributed by atoms with Crippen molar-refractivity contribution in [3.63, 3.8) is 0 Å². The first-order valence-corrected chi connectivity index (χ1v) is 8.38. The van der Waals surface area contributed by atoms with Gasteiger partial charge in [0.05, 0.1) is 17.7 Å². The molecule has 132 valence electrons. The van der Waals surface area contributed by atoms with Gasteiger partial charge in [-0.05, 0) is 48.9 Å². The Morgan fingerprint density at radius 2 is 1.68 bits per heavy atom. The van der Waals surface area contributed by atoms with Crippen LogP contribution in [0.3, 0.4) is 0 Å². The molecule has 5 heteroatoms. The van der Waals surface area contributed by atoms with Gasteiger partial charge in [0.1, 0.15) is 11.5 Å². The third kappa shape index (κ3) is 5.95. The first-order valence-electron chi connectivity index (χ1n) is 8.38. The first-order chi connectivity index (χ1) is 12.1. The molecule has 0 aromatic heterocycles. The zero-order valence-corrected chi connectivity index (χ0v) is 14.2. The lowest BCUT2D eigenvalue weighted by atomic mass is 10.2. The van der Waals surface area contributed by atoms with Crippen molar-refractivity contribution in [2.24, 2.45) is 0 Å². The predicted molar refractivity (Wildman–Crippen MR) is 94.4 cm³/mol. The average molecular weight is 342 g/mol. The summed E-state index contributed by atoms with van der Waals surface area (Å²) < 4.78 is 10.8. The Morgan fingerprint density at radius 1 is 0.920 bits per heavy atom. The maximum atomic E-state index is 12.1. The summed E-state index contributed by atoms with van der Waals surface area (Å²) in [7, 11) is 0. The fourth-order valence-corrected chi connectivity index (χ4v) is 2.26. The molecule has 0 unspecified atom stereocenters. The van der Waals surface area contributed by atoms with Gasteiger partial charge in [-0.25, -0.2) is 9.59 Å². The molecule has 0 bridgehead atoms. The van der Waals surface area contributed by atoms with Crippen LogP contribution >= 0.6 is 0 Å². The van der Waals surface area contributed by atoms with Crippen LogP contribution < -0.4 is 9.47 Å². The summed E-state index contributed by atoms with van der Waals surface area (Å²) in [5, 5.41) is 8.96. The number of carboxylic acid groups (broad SMARTS) is 1. The number of ether oxygens (including phenoxy) is 2. The molecule has 0 spiro atoms.